The van der Waals surface area contributed by atoms with Gasteiger partial charge in [-0.1, -0.05) is 84.9 Å². The molecule has 4 rings (SSSR count). The number of amidine groups is 2. The van der Waals surface area contributed by atoms with E-state index in [1.807, 2.05) is 84.9 Å². The smallest absolute Gasteiger partial charge is 0.190 e. The van der Waals surface area contributed by atoms with Crippen molar-refractivity contribution in [3.63, 3.8) is 0 Å². The molecule has 0 unspecified atom stereocenters. The molecular weight excluding hydrogens is 372 g/mol. The Kier molecular flexibility index (Phi) is 5.57. The van der Waals surface area contributed by atoms with Crippen LogP contribution in [0, 0.1) is 0 Å². The fourth-order valence-electron chi connectivity index (χ4n) is 3.14. The summed E-state index contributed by atoms with van der Waals surface area (Å²) in [5.41, 5.74) is 13.6. The molecule has 6 nitrogen and oxygen atoms in total. The predicted octanol–water partition coefficient (Wildman–Crippen LogP) is 4.08. The highest BCUT2D eigenvalue weighted by Crippen LogP contribution is 2.17. The molecule has 0 aliphatic heterocycles. The van der Waals surface area contributed by atoms with E-state index in [1.165, 1.54) is 0 Å². The Labute approximate surface area is 174 Å². The quantitative estimate of drug-likeness (QED) is 0.311. The Morgan fingerprint density at radius 2 is 0.933 bits per heavy atom. The maximum atomic E-state index is 5.87. The largest absolute Gasteiger partial charge is 0.379 e. The lowest BCUT2D eigenvalue weighted by molar-refractivity contribution is 1.21. The van der Waals surface area contributed by atoms with Crippen LogP contribution in [0.2, 0.25) is 0 Å². The summed E-state index contributed by atoms with van der Waals surface area (Å²) in [7, 11) is 0. The minimum absolute atomic E-state index is 0.00144. The SMILES string of the molecule is NC(=N/N=C\c1cccc2ccccc12)C(N)=N/N=C/c1cccc2ccccc12. The fourth-order valence-corrected chi connectivity index (χ4v) is 3.14. The second-order valence-electron chi connectivity index (χ2n) is 6.60. The van der Waals surface area contributed by atoms with Crippen LogP contribution in [0.4, 0.5) is 0 Å². The molecule has 4 aromatic rings. The van der Waals surface area contributed by atoms with Crippen LogP contribution in [0.1, 0.15) is 11.1 Å². The molecular formula is C24H20N6. The molecule has 0 aliphatic rings. The maximum Gasteiger partial charge on any atom is 0.190 e. The molecule has 0 atom stereocenters. The van der Waals surface area contributed by atoms with Crippen LogP contribution in [0.5, 0.6) is 0 Å². The van der Waals surface area contributed by atoms with Crippen LogP contribution in [-0.2, 0) is 0 Å². The van der Waals surface area contributed by atoms with E-state index in [2.05, 4.69) is 20.4 Å². The second-order valence-corrected chi connectivity index (χ2v) is 6.60. The number of fused-ring (bicyclic) bond motifs is 2. The number of hydrogen-bond donors (Lipinski definition) is 2. The fraction of sp³-hybridized carbons (Fsp3) is 0. The lowest BCUT2D eigenvalue weighted by atomic mass is 10.1. The molecule has 4 aromatic carbocycles. The van der Waals surface area contributed by atoms with E-state index in [0.717, 1.165) is 32.7 Å². The van der Waals surface area contributed by atoms with Gasteiger partial charge in [0.25, 0.3) is 0 Å². The molecule has 0 saturated heterocycles. The van der Waals surface area contributed by atoms with Crippen molar-refractivity contribution in [2.24, 2.45) is 31.9 Å². The minimum atomic E-state index is 0.00144. The third-order valence-corrected chi connectivity index (χ3v) is 4.63. The zero-order valence-electron chi connectivity index (χ0n) is 16.2. The van der Waals surface area contributed by atoms with Gasteiger partial charge in [0.1, 0.15) is 0 Å². The summed E-state index contributed by atoms with van der Waals surface area (Å²) < 4.78 is 0. The van der Waals surface area contributed by atoms with E-state index < -0.39 is 0 Å². The molecule has 0 radical (unpaired) electrons. The van der Waals surface area contributed by atoms with Crippen molar-refractivity contribution in [2.75, 3.05) is 0 Å². The monoisotopic (exact) mass is 392 g/mol. The van der Waals surface area contributed by atoms with Crippen molar-refractivity contribution in [1.82, 2.24) is 0 Å². The van der Waals surface area contributed by atoms with Gasteiger partial charge < -0.3 is 11.5 Å². The van der Waals surface area contributed by atoms with Crippen LogP contribution < -0.4 is 11.5 Å². The Morgan fingerprint density at radius 3 is 1.40 bits per heavy atom. The van der Waals surface area contributed by atoms with E-state index in [-0.39, 0.29) is 11.7 Å². The molecule has 0 aliphatic carbocycles. The first kappa shape index (κ1) is 19.0. The molecule has 146 valence electrons. The lowest BCUT2D eigenvalue weighted by Gasteiger charge is -2.00. The van der Waals surface area contributed by atoms with Gasteiger partial charge in [0.2, 0.25) is 0 Å². The van der Waals surface area contributed by atoms with Gasteiger partial charge in [-0.05, 0) is 21.5 Å². The number of rotatable bonds is 4. The molecule has 30 heavy (non-hydrogen) atoms. The van der Waals surface area contributed by atoms with Gasteiger partial charge in [0, 0.05) is 11.1 Å². The zero-order chi connectivity index (χ0) is 20.8. The number of hydrogen-bond acceptors (Lipinski definition) is 4. The van der Waals surface area contributed by atoms with Crippen molar-refractivity contribution < 1.29 is 0 Å². The highest BCUT2D eigenvalue weighted by molar-refractivity contribution is 6.39. The van der Waals surface area contributed by atoms with Crippen molar-refractivity contribution in [3.8, 4) is 0 Å². The van der Waals surface area contributed by atoms with Gasteiger partial charge in [-0.2, -0.15) is 10.2 Å². The zero-order valence-corrected chi connectivity index (χ0v) is 16.2. The molecule has 0 amide bonds. The Hall–Kier alpha value is -4.32. The van der Waals surface area contributed by atoms with Crippen molar-refractivity contribution in [2.45, 2.75) is 0 Å². The number of nitrogens with zero attached hydrogens (tertiary/aromatic N) is 4. The highest BCUT2D eigenvalue weighted by Gasteiger charge is 2.00. The van der Waals surface area contributed by atoms with Gasteiger partial charge in [0.15, 0.2) is 11.7 Å². The summed E-state index contributed by atoms with van der Waals surface area (Å²) in [6.07, 6.45) is 3.28. The maximum absolute atomic E-state index is 5.87. The van der Waals surface area contributed by atoms with Gasteiger partial charge in [-0.25, -0.2) is 0 Å². The Morgan fingerprint density at radius 1 is 0.533 bits per heavy atom. The number of benzene rings is 4. The topological polar surface area (TPSA) is 101 Å². The third kappa shape index (κ3) is 4.23. The summed E-state index contributed by atoms with van der Waals surface area (Å²) in [6, 6.07) is 28.0. The van der Waals surface area contributed by atoms with Crippen molar-refractivity contribution in [1.29, 1.82) is 0 Å². The Bertz CT molecular complexity index is 1200. The third-order valence-electron chi connectivity index (χ3n) is 4.63. The van der Waals surface area contributed by atoms with Crippen molar-refractivity contribution >= 4 is 45.6 Å². The first-order chi connectivity index (χ1) is 14.7. The first-order valence-corrected chi connectivity index (χ1v) is 9.41. The molecule has 0 saturated carbocycles. The molecule has 4 N–H and O–H groups in total. The summed E-state index contributed by atoms with van der Waals surface area (Å²) in [4.78, 5) is 0. The minimum Gasteiger partial charge on any atom is -0.379 e. The first-order valence-electron chi connectivity index (χ1n) is 9.41. The molecule has 0 spiro atoms. The van der Waals surface area contributed by atoms with Crippen LogP contribution in [0.25, 0.3) is 21.5 Å². The molecule has 0 heterocycles. The van der Waals surface area contributed by atoms with Crippen LogP contribution >= 0.6 is 0 Å². The van der Waals surface area contributed by atoms with Crippen LogP contribution in [-0.4, -0.2) is 24.1 Å². The number of nitrogens with two attached hydrogens (primary N) is 2. The molecule has 0 fully saturated rings. The molecule has 0 aromatic heterocycles. The van der Waals surface area contributed by atoms with E-state index in [1.54, 1.807) is 12.4 Å². The summed E-state index contributed by atoms with van der Waals surface area (Å²) in [5, 5.41) is 20.4. The standard InChI is InChI=1S/C24H20N6/c25-23(29-27-15-19-11-5-9-17-7-1-3-13-21(17)19)24(26)30-28-16-20-12-6-10-18-8-2-4-14-22(18)20/h1-16H,(H2,25,29)(H2,26,30)/b27-15-,28-16+. The normalized spacial score (nSPS) is 13.1. The van der Waals surface area contributed by atoms with Gasteiger partial charge in [-0.3, -0.25) is 0 Å². The van der Waals surface area contributed by atoms with Gasteiger partial charge in [-0.15, -0.1) is 10.2 Å². The average molecular weight is 392 g/mol. The second kappa shape index (κ2) is 8.79. The van der Waals surface area contributed by atoms with E-state index in [9.17, 15) is 0 Å². The van der Waals surface area contributed by atoms with E-state index in [0.29, 0.717) is 0 Å². The average Bonchev–Trinajstić information content (AvgIpc) is 2.79. The van der Waals surface area contributed by atoms with Gasteiger partial charge >= 0.3 is 0 Å². The van der Waals surface area contributed by atoms with E-state index in [4.69, 9.17) is 11.5 Å². The summed E-state index contributed by atoms with van der Waals surface area (Å²) >= 11 is 0. The Balaban J connectivity index is 1.50. The van der Waals surface area contributed by atoms with Crippen LogP contribution in [0.3, 0.4) is 0 Å². The van der Waals surface area contributed by atoms with E-state index >= 15 is 0 Å². The highest BCUT2D eigenvalue weighted by atomic mass is 15.3. The van der Waals surface area contributed by atoms with Crippen LogP contribution in [0.15, 0.2) is 105 Å². The predicted molar refractivity (Wildman–Crippen MR) is 126 cm³/mol. The van der Waals surface area contributed by atoms with Crippen molar-refractivity contribution in [3.05, 3.63) is 96.1 Å². The molecule has 6 heteroatoms. The summed E-state index contributed by atoms with van der Waals surface area (Å²) in [5.74, 6) is 0.00288. The lowest BCUT2D eigenvalue weighted by Crippen LogP contribution is -2.30. The van der Waals surface area contributed by atoms with Gasteiger partial charge in [0.05, 0.1) is 12.4 Å². The molecule has 0 bridgehead atoms. The summed E-state index contributed by atoms with van der Waals surface area (Å²) in [6.45, 7) is 0.